The minimum atomic E-state index is -5.08. The minimum Gasteiger partial charge on any atom is -0.475 e. The summed E-state index contributed by atoms with van der Waals surface area (Å²) >= 11 is 0. The molecule has 212 valence electrons. The maximum absolute atomic E-state index is 10.6. The predicted octanol–water partition coefficient (Wildman–Crippen LogP) is 4.45. The number of piperidine rings is 1. The van der Waals surface area contributed by atoms with E-state index in [0.717, 1.165) is 19.6 Å². The Labute approximate surface area is 215 Å². The van der Waals surface area contributed by atoms with E-state index in [-0.39, 0.29) is 0 Å². The van der Waals surface area contributed by atoms with Gasteiger partial charge < -0.3 is 19.7 Å². The molecule has 1 saturated heterocycles. The number of alkyl halides is 6. The molecular formula is C24H30F6N4O4. The lowest BCUT2D eigenvalue weighted by atomic mass is 9.74. The Kier molecular flexibility index (Phi) is 9.81. The summed E-state index contributed by atoms with van der Waals surface area (Å²) in [4.78, 5) is 27.4. The first kappa shape index (κ1) is 30.9. The summed E-state index contributed by atoms with van der Waals surface area (Å²) in [5.74, 6) is -4.35. The highest BCUT2D eigenvalue weighted by Crippen LogP contribution is 2.47. The van der Waals surface area contributed by atoms with Crippen LogP contribution >= 0.6 is 0 Å². The van der Waals surface area contributed by atoms with Crippen molar-refractivity contribution in [3.8, 4) is 0 Å². The van der Waals surface area contributed by atoms with Crippen molar-refractivity contribution in [3.05, 3.63) is 48.0 Å². The van der Waals surface area contributed by atoms with Gasteiger partial charge in [-0.05, 0) is 51.4 Å². The molecular weight excluding hydrogens is 522 g/mol. The zero-order chi connectivity index (χ0) is 28.9. The fraction of sp³-hybridized carbons (Fsp3) is 0.542. The predicted molar refractivity (Wildman–Crippen MR) is 126 cm³/mol. The number of benzene rings is 1. The number of anilines is 1. The number of aryl methyl sites for hydroxylation is 1. The van der Waals surface area contributed by atoms with E-state index in [9.17, 15) is 26.3 Å². The summed E-state index contributed by atoms with van der Waals surface area (Å²) in [6, 6.07) is 9.64. The van der Waals surface area contributed by atoms with Crippen molar-refractivity contribution < 1.29 is 46.1 Å². The molecule has 2 aromatic rings. The average Bonchev–Trinajstić information content (AvgIpc) is 3.36. The number of nitrogens with zero attached hydrogens (tertiary/aromatic N) is 4. The van der Waals surface area contributed by atoms with E-state index in [4.69, 9.17) is 19.8 Å². The highest BCUT2D eigenvalue weighted by molar-refractivity contribution is 5.73. The molecule has 1 aromatic heterocycles. The first-order chi connectivity index (χ1) is 17.5. The molecule has 0 radical (unpaired) electrons. The van der Waals surface area contributed by atoms with Crippen LogP contribution in [0.3, 0.4) is 0 Å². The summed E-state index contributed by atoms with van der Waals surface area (Å²) in [5.41, 5.74) is 3.39. The molecule has 38 heavy (non-hydrogen) atoms. The standard InChI is InChI=1S/C20H28N4.2C2HF3O2/c1-16(2)24-15-20(17-6-4-5-7-18(17)24)8-11-23(12-9-20)14-19-21-10-13-22(19)3;2*3-2(4,5)1(6)7/h4-7,10,13,16H,8-9,11-12,14-15H2,1-3H3;2*(H,6,7). The molecule has 0 atom stereocenters. The van der Waals surface area contributed by atoms with Crippen LogP contribution in [-0.4, -0.2) is 74.6 Å². The van der Waals surface area contributed by atoms with Crippen LogP contribution in [0.5, 0.6) is 0 Å². The van der Waals surface area contributed by atoms with Gasteiger partial charge in [-0.2, -0.15) is 26.3 Å². The van der Waals surface area contributed by atoms with Crippen molar-refractivity contribution in [2.45, 2.75) is 57.0 Å². The van der Waals surface area contributed by atoms with E-state index in [0.29, 0.717) is 11.5 Å². The zero-order valence-corrected chi connectivity index (χ0v) is 21.1. The van der Waals surface area contributed by atoms with Gasteiger partial charge in [0.05, 0.1) is 6.54 Å². The monoisotopic (exact) mass is 552 g/mol. The summed E-state index contributed by atoms with van der Waals surface area (Å²) in [7, 11) is 2.08. The van der Waals surface area contributed by atoms with Gasteiger partial charge in [0.1, 0.15) is 5.82 Å². The van der Waals surface area contributed by atoms with Gasteiger partial charge in [-0.3, -0.25) is 4.90 Å². The lowest BCUT2D eigenvalue weighted by molar-refractivity contribution is -0.193. The summed E-state index contributed by atoms with van der Waals surface area (Å²) in [5, 5.41) is 14.2. The smallest absolute Gasteiger partial charge is 0.475 e. The number of rotatable bonds is 3. The molecule has 0 amide bonds. The van der Waals surface area contributed by atoms with E-state index in [1.54, 1.807) is 5.56 Å². The first-order valence-corrected chi connectivity index (χ1v) is 11.6. The number of carbonyl (C=O) groups is 2. The number of likely N-dealkylation sites (tertiary alicyclic amines) is 1. The Morgan fingerprint density at radius 3 is 1.92 bits per heavy atom. The summed E-state index contributed by atoms with van der Waals surface area (Å²) < 4.78 is 65.6. The zero-order valence-electron chi connectivity index (χ0n) is 21.1. The molecule has 2 N–H and O–H groups in total. The average molecular weight is 553 g/mol. The number of carboxylic acids is 2. The number of aromatic nitrogens is 2. The number of imidazole rings is 1. The SMILES string of the molecule is CC(C)N1CC2(CCN(Cc3nccn3C)CC2)c2ccccc21.O=C(O)C(F)(F)F.O=C(O)C(F)(F)F. The summed E-state index contributed by atoms with van der Waals surface area (Å²) in [6.45, 7) is 9.09. The lowest BCUT2D eigenvalue weighted by Crippen LogP contribution is -2.46. The molecule has 1 fully saturated rings. The van der Waals surface area contributed by atoms with Gasteiger partial charge in [0.25, 0.3) is 0 Å². The van der Waals surface area contributed by atoms with Crippen LogP contribution in [0.2, 0.25) is 0 Å². The van der Waals surface area contributed by atoms with Crippen LogP contribution in [0, 0.1) is 0 Å². The fourth-order valence-corrected chi connectivity index (χ4v) is 4.45. The number of aliphatic carboxylic acids is 2. The molecule has 1 spiro atoms. The second-order valence-electron chi connectivity index (χ2n) is 9.36. The highest BCUT2D eigenvalue weighted by Gasteiger charge is 2.45. The highest BCUT2D eigenvalue weighted by atomic mass is 19.4. The minimum absolute atomic E-state index is 0.346. The quantitative estimate of drug-likeness (QED) is 0.543. The topological polar surface area (TPSA) is 98.9 Å². The van der Waals surface area contributed by atoms with E-state index < -0.39 is 24.3 Å². The Morgan fingerprint density at radius 1 is 1.00 bits per heavy atom. The Balaban J connectivity index is 0.000000301. The van der Waals surface area contributed by atoms with Crippen molar-refractivity contribution in [2.75, 3.05) is 24.5 Å². The second-order valence-corrected chi connectivity index (χ2v) is 9.36. The Hall–Kier alpha value is -3.29. The van der Waals surface area contributed by atoms with Crippen LogP contribution in [0.1, 0.15) is 38.1 Å². The first-order valence-electron chi connectivity index (χ1n) is 11.6. The molecule has 0 unspecified atom stereocenters. The third-order valence-electron chi connectivity index (χ3n) is 6.47. The van der Waals surface area contributed by atoms with E-state index in [1.165, 1.54) is 30.9 Å². The van der Waals surface area contributed by atoms with Crippen molar-refractivity contribution in [2.24, 2.45) is 7.05 Å². The van der Waals surface area contributed by atoms with Gasteiger partial charge in [0.15, 0.2) is 0 Å². The van der Waals surface area contributed by atoms with Gasteiger partial charge in [0.2, 0.25) is 0 Å². The second kappa shape index (κ2) is 12.0. The summed E-state index contributed by atoms with van der Waals surface area (Å²) in [6.07, 6.45) is -3.74. The number of hydrogen-bond donors (Lipinski definition) is 2. The van der Waals surface area contributed by atoms with Crippen molar-refractivity contribution in [1.29, 1.82) is 0 Å². The normalized spacial score (nSPS) is 16.8. The molecule has 2 aliphatic heterocycles. The molecule has 4 rings (SSSR count). The van der Waals surface area contributed by atoms with Crippen molar-refractivity contribution in [3.63, 3.8) is 0 Å². The van der Waals surface area contributed by atoms with Gasteiger partial charge in [-0.1, -0.05) is 18.2 Å². The Morgan fingerprint density at radius 2 is 1.50 bits per heavy atom. The van der Waals surface area contributed by atoms with Crippen LogP contribution in [0.4, 0.5) is 32.0 Å². The number of para-hydroxylation sites is 1. The third kappa shape index (κ3) is 7.85. The molecule has 0 bridgehead atoms. The molecule has 8 nitrogen and oxygen atoms in total. The molecule has 2 aliphatic rings. The van der Waals surface area contributed by atoms with Gasteiger partial charge >= 0.3 is 24.3 Å². The van der Waals surface area contributed by atoms with Gasteiger partial charge in [-0.25, -0.2) is 14.6 Å². The largest absolute Gasteiger partial charge is 0.490 e. The van der Waals surface area contributed by atoms with E-state index >= 15 is 0 Å². The number of carboxylic acid groups (broad SMARTS) is 2. The number of halogens is 6. The van der Waals surface area contributed by atoms with Crippen LogP contribution in [0.15, 0.2) is 36.7 Å². The van der Waals surface area contributed by atoms with Crippen LogP contribution in [0.25, 0.3) is 0 Å². The van der Waals surface area contributed by atoms with E-state index in [1.807, 2.05) is 12.4 Å². The van der Waals surface area contributed by atoms with Gasteiger partial charge in [0, 0.05) is 43.1 Å². The molecule has 1 aromatic carbocycles. The van der Waals surface area contributed by atoms with Crippen molar-refractivity contribution in [1.82, 2.24) is 14.5 Å². The molecule has 0 aliphatic carbocycles. The molecule has 0 saturated carbocycles. The van der Waals surface area contributed by atoms with Crippen molar-refractivity contribution >= 4 is 17.6 Å². The maximum atomic E-state index is 10.6. The Bertz CT molecular complexity index is 1070. The fourth-order valence-electron chi connectivity index (χ4n) is 4.45. The van der Waals surface area contributed by atoms with Crippen LogP contribution in [-0.2, 0) is 28.6 Å². The maximum Gasteiger partial charge on any atom is 0.490 e. The lowest BCUT2D eigenvalue weighted by Gasteiger charge is -2.40. The molecule has 3 heterocycles. The third-order valence-corrected chi connectivity index (χ3v) is 6.47. The van der Waals surface area contributed by atoms with E-state index in [2.05, 4.69) is 64.5 Å². The molecule has 14 heteroatoms. The number of fused-ring (bicyclic) bond motifs is 2. The van der Waals surface area contributed by atoms with Crippen LogP contribution < -0.4 is 4.90 Å². The number of hydrogen-bond acceptors (Lipinski definition) is 5. The van der Waals surface area contributed by atoms with Gasteiger partial charge in [-0.15, -0.1) is 0 Å².